The van der Waals surface area contributed by atoms with Gasteiger partial charge in [0.05, 0.1) is 5.02 Å². The molecule has 0 spiro atoms. The third-order valence-corrected chi connectivity index (χ3v) is 3.30. The fourth-order valence-electron chi connectivity index (χ4n) is 1.98. The van der Waals surface area contributed by atoms with Crippen LogP contribution in [0.15, 0.2) is 48.5 Å². The summed E-state index contributed by atoms with van der Waals surface area (Å²) in [6, 6.07) is 14.0. The number of para-hydroxylation sites is 1. The number of fused-ring (bicyclic) bond motifs is 1. The maximum absolute atomic E-state index is 12.1. The maximum Gasteiger partial charge on any atom is 0.272 e. The molecule has 0 aliphatic heterocycles. The number of rotatable bonds is 2. The number of halogens is 1. The summed E-state index contributed by atoms with van der Waals surface area (Å²) in [6.45, 7) is 0. The van der Waals surface area contributed by atoms with E-state index < -0.39 is 0 Å². The van der Waals surface area contributed by atoms with Crippen molar-refractivity contribution in [2.45, 2.75) is 0 Å². The number of aromatic amines is 1. The summed E-state index contributed by atoms with van der Waals surface area (Å²) < 4.78 is 0. The molecule has 0 aliphatic carbocycles. The molecule has 0 radical (unpaired) electrons. The van der Waals surface area contributed by atoms with Crippen LogP contribution >= 0.6 is 11.6 Å². The second-order valence-electron chi connectivity index (χ2n) is 4.39. The van der Waals surface area contributed by atoms with Gasteiger partial charge in [-0.3, -0.25) is 4.79 Å². The fraction of sp³-hybridized carbons (Fsp3) is 0. The minimum absolute atomic E-state index is 0.0684. The van der Waals surface area contributed by atoms with Gasteiger partial charge < -0.3 is 15.4 Å². The molecular weight excluding hydrogens is 276 g/mol. The van der Waals surface area contributed by atoms with Crippen molar-refractivity contribution in [3.8, 4) is 5.75 Å². The van der Waals surface area contributed by atoms with Crippen molar-refractivity contribution in [3.63, 3.8) is 0 Å². The van der Waals surface area contributed by atoms with Crippen LogP contribution in [-0.2, 0) is 0 Å². The predicted octanol–water partition coefficient (Wildman–Crippen LogP) is 3.78. The lowest BCUT2D eigenvalue weighted by Gasteiger charge is -2.05. The monoisotopic (exact) mass is 286 g/mol. The highest BCUT2D eigenvalue weighted by atomic mass is 35.5. The second-order valence-corrected chi connectivity index (χ2v) is 4.80. The molecule has 0 saturated heterocycles. The van der Waals surface area contributed by atoms with E-state index >= 15 is 0 Å². The molecule has 5 heteroatoms. The quantitative estimate of drug-likeness (QED) is 0.671. The highest BCUT2D eigenvalue weighted by molar-refractivity contribution is 6.32. The van der Waals surface area contributed by atoms with Crippen molar-refractivity contribution < 1.29 is 9.90 Å². The van der Waals surface area contributed by atoms with Crippen LogP contribution in [0.1, 0.15) is 10.5 Å². The number of hydrogen-bond acceptors (Lipinski definition) is 2. The Morgan fingerprint density at radius 2 is 1.95 bits per heavy atom. The van der Waals surface area contributed by atoms with Crippen LogP contribution in [0.4, 0.5) is 5.69 Å². The van der Waals surface area contributed by atoms with Crippen molar-refractivity contribution in [2.75, 3.05) is 5.32 Å². The van der Waals surface area contributed by atoms with Crippen molar-refractivity contribution in [1.29, 1.82) is 0 Å². The van der Waals surface area contributed by atoms with E-state index in [2.05, 4.69) is 10.3 Å². The molecular formula is C15H11ClN2O2. The number of carbonyl (C=O) groups is 1. The Morgan fingerprint density at radius 1 is 1.15 bits per heavy atom. The normalized spacial score (nSPS) is 10.7. The highest BCUT2D eigenvalue weighted by Crippen LogP contribution is 2.26. The number of aromatic nitrogens is 1. The number of nitrogens with one attached hydrogen (secondary N) is 2. The molecule has 0 bridgehead atoms. The molecule has 0 atom stereocenters. The summed E-state index contributed by atoms with van der Waals surface area (Å²) in [4.78, 5) is 15.2. The number of benzene rings is 2. The summed E-state index contributed by atoms with van der Waals surface area (Å²) in [5, 5.41) is 13.4. The van der Waals surface area contributed by atoms with Crippen molar-refractivity contribution in [2.24, 2.45) is 0 Å². The average molecular weight is 287 g/mol. The zero-order valence-corrected chi connectivity index (χ0v) is 11.1. The number of phenols is 1. The molecule has 100 valence electrons. The van der Waals surface area contributed by atoms with Crippen LogP contribution in [0, 0.1) is 0 Å². The molecule has 1 aromatic heterocycles. The molecule has 0 saturated carbocycles. The largest absolute Gasteiger partial charge is 0.506 e. The smallest absolute Gasteiger partial charge is 0.272 e. The van der Waals surface area contributed by atoms with E-state index in [9.17, 15) is 9.90 Å². The minimum Gasteiger partial charge on any atom is -0.506 e. The highest BCUT2D eigenvalue weighted by Gasteiger charge is 2.10. The van der Waals surface area contributed by atoms with Gasteiger partial charge >= 0.3 is 0 Å². The number of H-pyrrole nitrogens is 1. The van der Waals surface area contributed by atoms with E-state index in [-0.39, 0.29) is 16.7 Å². The Kier molecular flexibility index (Phi) is 3.08. The zero-order valence-electron chi connectivity index (χ0n) is 10.4. The van der Waals surface area contributed by atoms with E-state index in [0.29, 0.717) is 11.4 Å². The summed E-state index contributed by atoms with van der Waals surface area (Å²) in [7, 11) is 0. The maximum atomic E-state index is 12.1. The lowest BCUT2D eigenvalue weighted by Crippen LogP contribution is -2.12. The third kappa shape index (κ3) is 2.33. The lowest BCUT2D eigenvalue weighted by molar-refractivity contribution is 0.102. The number of amides is 1. The van der Waals surface area contributed by atoms with Gasteiger partial charge in [0.15, 0.2) is 0 Å². The summed E-state index contributed by atoms with van der Waals surface area (Å²) in [5.41, 5.74) is 1.84. The average Bonchev–Trinajstić information content (AvgIpc) is 2.87. The van der Waals surface area contributed by atoms with Gasteiger partial charge in [0, 0.05) is 22.7 Å². The van der Waals surface area contributed by atoms with Crippen molar-refractivity contribution in [1.82, 2.24) is 4.98 Å². The van der Waals surface area contributed by atoms with E-state index in [1.54, 1.807) is 12.1 Å². The second kappa shape index (κ2) is 4.90. The van der Waals surface area contributed by atoms with Gasteiger partial charge in [-0.05, 0) is 24.3 Å². The van der Waals surface area contributed by atoms with Crippen LogP contribution < -0.4 is 5.32 Å². The van der Waals surface area contributed by atoms with Crippen LogP contribution in [0.25, 0.3) is 10.9 Å². The Labute approximate surface area is 120 Å². The molecule has 3 N–H and O–H groups in total. The third-order valence-electron chi connectivity index (χ3n) is 2.98. The van der Waals surface area contributed by atoms with E-state index in [4.69, 9.17) is 11.6 Å². The van der Waals surface area contributed by atoms with Gasteiger partial charge in [-0.2, -0.15) is 0 Å². The van der Waals surface area contributed by atoms with Gasteiger partial charge in [-0.1, -0.05) is 29.8 Å². The van der Waals surface area contributed by atoms with E-state index in [1.807, 2.05) is 24.3 Å². The fourth-order valence-corrected chi connectivity index (χ4v) is 2.10. The van der Waals surface area contributed by atoms with Crippen LogP contribution in [0.3, 0.4) is 0 Å². The van der Waals surface area contributed by atoms with Crippen molar-refractivity contribution >= 4 is 34.1 Å². The van der Waals surface area contributed by atoms with Crippen LogP contribution in [-0.4, -0.2) is 16.0 Å². The molecule has 0 unspecified atom stereocenters. The first kappa shape index (κ1) is 12.6. The molecule has 3 aromatic rings. The number of aromatic hydroxyl groups is 1. The Balaban J connectivity index is 1.86. The molecule has 4 nitrogen and oxygen atoms in total. The number of anilines is 1. The minimum atomic E-state index is -0.275. The summed E-state index contributed by atoms with van der Waals surface area (Å²) in [5.74, 6) is -0.343. The van der Waals surface area contributed by atoms with Gasteiger partial charge in [0.25, 0.3) is 5.91 Å². The Bertz CT molecular complexity index is 762. The molecule has 0 aliphatic rings. The molecule has 1 heterocycles. The SMILES string of the molecule is O=C(Nc1ccc(Cl)c(O)c1)c1cc2ccccc2[nH]1. The van der Waals surface area contributed by atoms with Crippen LogP contribution in [0.2, 0.25) is 5.02 Å². The first-order chi connectivity index (χ1) is 9.63. The Hall–Kier alpha value is -2.46. The van der Waals surface area contributed by atoms with Gasteiger partial charge in [0.1, 0.15) is 11.4 Å². The standard InChI is InChI=1S/C15H11ClN2O2/c16-11-6-5-10(8-14(11)19)17-15(20)13-7-9-3-1-2-4-12(9)18-13/h1-8,18-19H,(H,17,20). The lowest BCUT2D eigenvalue weighted by atomic mass is 10.2. The Morgan fingerprint density at radius 3 is 2.70 bits per heavy atom. The number of carbonyl (C=O) groups excluding carboxylic acids is 1. The first-order valence-corrected chi connectivity index (χ1v) is 6.39. The predicted molar refractivity (Wildman–Crippen MR) is 79.4 cm³/mol. The molecule has 20 heavy (non-hydrogen) atoms. The number of hydrogen-bond donors (Lipinski definition) is 3. The first-order valence-electron chi connectivity index (χ1n) is 6.01. The van der Waals surface area contributed by atoms with Gasteiger partial charge in [0.2, 0.25) is 0 Å². The zero-order chi connectivity index (χ0) is 14.1. The number of phenolic OH excluding ortho intramolecular Hbond substituents is 1. The molecule has 1 amide bonds. The van der Waals surface area contributed by atoms with Crippen LogP contribution in [0.5, 0.6) is 5.75 Å². The summed E-state index contributed by atoms with van der Waals surface area (Å²) >= 11 is 5.72. The molecule has 2 aromatic carbocycles. The summed E-state index contributed by atoms with van der Waals surface area (Å²) in [6.07, 6.45) is 0. The van der Waals surface area contributed by atoms with E-state index in [1.165, 1.54) is 12.1 Å². The molecule has 0 fully saturated rings. The topological polar surface area (TPSA) is 65.1 Å². The molecule has 3 rings (SSSR count). The van der Waals surface area contributed by atoms with Gasteiger partial charge in [-0.25, -0.2) is 0 Å². The van der Waals surface area contributed by atoms with E-state index in [0.717, 1.165) is 10.9 Å². The van der Waals surface area contributed by atoms with Crippen molar-refractivity contribution in [3.05, 3.63) is 59.2 Å². The van der Waals surface area contributed by atoms with Gasteiger partial charge in [-0.15, -0.1) is 0 Å².